The SMILES string of the molecule is CCN(Cc1ccc(OC)c(OC)c1)C(=O)c1cc(OC)cc(OC)c1. The number of nitrogens with zero attached hydrogens (tertiary/aromatic N) is 1. The Hall–Kier alpha value is -2.89. The molecule has 0 bridgehead atoms. The average Bonchev–Trinajstić information content (AvgIpc) is 2.70. The molecule has 0 heterocycles. The summed E-state index contributed by atoms with van der Waals surface area (Å²) in [5.41, 5.74) is 1.47. The van der Waals surface area contributed by atoms with Crippen molar-refractivity contribution in [3.05, 3.63) is 47.5 Å². The Labute approximate surface area is 154 Å². The van der Waals surface area contributed by atoms with Crippen LogP contribution in [0.5, 0.6) is 23.0 Å². The van der Waals surface area contributed by atoms with Crippen LogP contribution in [0.3, 0.4) is 0 Å². The van der Waals surface area contributed by atoms with Crippen LogP contribution >= 0.6 is 0 Å². The predicted octanol–water partition coefficient (Wildman–Crippen LogP) is 3.38. The summed E-state index contributed by atoms with van der Waals surface area (Å²) in [5.74, 6) is 2.35. The van der Waals surface area contributed by atoms with Gasteiger partial charge in [0.2, 0.25) is 0 Å². The van der Waals surface area contributed by atoms with E-state index in [2.05, 4.69) is 0 Å². The minimum Gasteiger partial charge on any atom is -0.497 e. The molecule has 0 spiro atoms. The Morgan fingerprint density at radius 2 is 1.46 bits per heavy atom. The summed E-state index contributed by atoms with van der Waals surface area (Å²) in [6.45, 7) is 2.96. The fraction of sp³-hybridized carbons (Fsp3) is 0.350. The second-order valence-corrected chi connectivity index (χ2v) is 5.61. The van der Waals surface area contributed by atoms with Gasteiger partial charge in [-0.3, -0.25) is 4.79 Å². The Kier molecular flexibility index (Phi) is 6.72. The van der Waals surface area contributed by atoms with E-state index >= 15 is 0 Å². The number of ether oxygens (including phenoxy) is 4. The van der Waals surface area contributed by atoms with Crippen LogP contribution in [0, 0.1) is 0 Å². The Morgan fingerprint density at radius 1 is 0.846 bits per heavy atom. The molecule has 0 unspecified atom stereocenters. The number of rotatable bonds is 8. The van der Waals surface area contributed by atoms with Crippen molar-refractivity contribution in [1.29, 1.82) is 0 Å². The van der Waals surface area contributed by atoms with Gasteiger partial charge in [-0.2, -0.15) is 0 Å². The number of hydrogen-bond donors (Lipinski definition) is 0. The van der Waals surface area contributed by atoms with Crippen molar-refractivity contribution in [1.82, 2.24) is 4.90 Å². The summed E-state index contributed by atoms with van der Waals surface area (Å²) in [4.78, 5) is 14.7. The summed E-state index contributed by atoms with van der Waals surface area (Å²) in [5, 5.41) is 0. The number of amides is 1. The van der Waals surface area contributed by atoms with E-state index in [9.17, 15) is 4.79 Å². The van der Waals surface area contributed by atoms with E-state index in [0.29, 0.717) is 41.7 Å². The predicted molar refractivity (Wildman–Crippen MR) is 99.5 cm³/mol. The summed E-state index contributed by atoms with van der Waals surface area (Å²) in [6.07, 6.45) is 0. The van der Waals surface area contributed by atoms with Crippen molar-refractivity contribution in [2.75, 3.05) is 35.0 Å². The van der Waals surface area contributed by atoms with Crippen molar-refractivity contribution in [3.63, 3.8) is 0 Å². The summed E-state index contributed by atoms with van der Waals surface area (Å²) in [7, 11) is 6.30. The van der Waals surface area contributed by atoms with E-state index in [1.165, 1.54) is 0 Å². The topological polar surface area (TPSA) is 57.2 Å². The summed E-state index contributed by atoms with van der Waals surface area (Å²) >= 11 is 0. The number of methoxy groups -OCH3 is 4. The molecule has 0 saturated carbocycles. The van der Waals surface area contributed by atoms with E-state index in [0.717, 1.165) is 5.56 Å². The lowest BCUT2D eigenvalue weighted by Crippen LogP contribution is -2.30. The molecule has 6 heteroatoms. The highest BCUT2D eigenvalue weighted by atomic mass is 16.5. The van der Waals surface area contributed by atoms with E-state index < -0.39 is 0 Å². The number of carbonyl (C=O) groups is 1. The molecule has 0 aliphatic rings. The Balaban J connectivity index is 2.27. The van der Waals surface area contributed by atoms with Gasteiger partial charge in [0, 0.05) is 24.7 Å². The largest absolute Gasteiger partial charge is 0.497 e. The Morgan fingerprint density at radius 3 is 1.96 bits per heavy atom. The lowest BCUT2D eigenvalue weighted by Gasteiger charge is -2.22. The van der Waals surface area contributed by atoms with Crippen molar-refractivity contribution in [2.45, 2.75) is 13.5 Å². The first-order valence-electron chi connectivity index (χ1n) is 8.29. The van der Waals surface area contributed by atoms with Crippen LogP contribution in [-0.2, 0) is 6.54 Å². The van der Waals surface area contributed by atoms with Crippen molar-refractivity contribution < 1.29 is 23.7 Å². The third-order valence-electron chi connectivity index (χ3n) is 4.09. The van der Waals surface area contributed by atoms with Gasteiger partial charge in [-0.15, -0.1) is 0 Å². The van der Waals surface area contributed by atoms with Crippen LogP contribution < -0.4 is 18.9 Å². The zero-order chi connectivity index (χ0) is 19.1. The molecule has 2 aromatic carbocycles. The molecule has 0 fully saturated rings. The molecule has 0 aliphatic heterocycles. The molecule has 0 radical (unpaired) electrons. The minimum atomic E-state index is -0.0977. The highest BCUT2D eigenvalue weighted by molar-refractivity contribution is 5.95. The van der Waals surface area contributed by atoms with E-state index in [4.69, 9.17) is 18.9 Å². The van der Waals surface area contributed by atoms with Gasteiger partial charge in [0.05, 0.1) is 28.4 Å². The van der Waals surface area contributed by atoms with Crippen LogP contribution in [-0.4, -0.2) is 45.8 Å². The monoisotopic (exact) mass is 359 g/mol. The molecular weight excluding hydrogens is 334 g/mol. The molecule has 140 valence electrons. The molecule has 26 heavy (non-hydrogen) atoms. The minimum absolute atomic E-state index is 0.0977. The number of hydrogen-bond acceptors (Lipinski definition) is 5. The highest BCUT2D eigenvalue weighted by Crippen LogP contribution is 2.29. The Bertz CT molecular complexity index is 738. The first-order chi connectivity index (χ1) is 12.6. The van der Waals surface area contributed by atoms with Gasteiger partial charge < -0.3 is 23.8 Å². The van der Waals surface area contributed by atoms with Crippen molar-refractivity contribution in [3.8, 4) is 23.0 Å². The fourth-order valence-corrected chi connectivity index (χ4v) is 2.64. The second-order valence-electron chi connectivity index (χ2n) is 5.61. The van der Waals surface area contributed by atoms with Crippen molar-refractivity contribution in [2.24, 2.45) is 0 Å². The standard InChI is InChI=1S/C20H25NO5/c1-6-21(13-14-7-8-18(25-4)19(9-14)26-5)20(22)15-10-16(23-2)12-17(11-15)24-3/h7-12H,6,13H2,1-5H3. The van der Waals surface area contributed by atoms with E-state index in [1.54, 1.807) is 51.5 Å². The molecule has 0 saturated heterocycles. The summed E-state index contributed by atoms with van der Waals surface area (Å²) < 4.78 is 21.1. The molecule has 2 rings (SSSR count). The van der Waals surface area contributed by atoms with Crippen LogP contribution in [0.25, 0.3) is 0 Å². The average molecular weight is 359 g/mol. The lowest BCUT2D eigenvalue weighted by atomic mass is 10.1. The molecule has 0 atom stereocenters. The van der Waals surface area contributed by atoms with Crippen molar-refractivity contribution >= 4 is 5.91 Å². The van der Waals surface area contributed by atoms with Gasteiger partial charge in [0.15, 0.2) is 11.5 Å². The maximum Gasteiger partial charge on any atom is 0.254 e. The zero-order valence-electron chi connectivity index (χ0n) is 15.9. The first-order valence-corrected chi connectivity index (χ1v) is 8.29. The summed E-state index contributed by atoms with van der Waals surface area (Å²) in [6, 6.07) is 10.8. The first kappa shape index (κ1) is 19.4. The van der Waals surface area contributed by atoms with Gasteiger partial charge >= 0.3 is 0 Å². The fourth-order valence-electron chi connectivity index (χ4n) is 2.64. The third kappa shape index (κ3) is 4.39. The number of benzene rings is 2. The number of carbonyl (C=O) groups excluding carboxylic acids is 1. The quantitative estimate of drug-likeness (QED) is 0.723. The maximum absolute atomic E-state index is 13.0. The van der Waals surface area contributed by atoms with Crippen LogP contribution in [0.1, 0.15) is 22.8 Å². The van der Waals surface area contributed by atoms with Crippen LogP contribution in [0.2, 0.25) is 0 Å². The smallest absolute Gasteiger partial charge is 0.254 e. The van der Waals surface area contributed by atoms with Gasteiger partial charge in [-0.05, 0) is 36.8 Å². The van der Waals surface area contributed by atoms with Crippen LogP contribution in [0.15, 0.2) is 36.4 Å². The maximum atomic E-state index is 13.0. The van der Waals surface area contributed by atoms with Gasteiger partial charge in [-0.1, -0.05) is 6.07 Å². The second kappa shape index (κ2) is 8.99. The highest BCUT2D eigenvalue weighted by Gasteiger charge is 2.17. The normalized spacial score (nSPS) is 10.2. The lowest BCUT2D eigenvalue weighted by molar-refractivity contribution is 0.0751. The third-order valence-corrected chi connectivity index (χ3v) is 4.09. The molecule has 6 nitrogen and oxygen atoms in total. The molecular formula is C20H25NO5. The molecule has 0 aromatic heterocycles. The van der Waals surface area contributed by atoms with E-state index in [-0.39, 0.29) is 5.91 Å². The van der Waals surface area contributed by atoms with Gasteiger partial charge in [0.1, 0.15) is 11.5 Å². The van der Waals surface area contributed by atoms with Gasteiger partial charge in [0.25, 0.3) is 5.91 Å². The molecule has 0 N–H and O–H groups in total. The molecule has 0 aliphatic carbocycles. The van der Waals surface area contributed by atoms with Crippen LogP contribution in [0.4, 0.5) is 0 Å². The molecule has 1 amide bonds. The zero-order valence-corrected chi connectivity index (χ0v) is 15.9. The van der Waals surface area contributed by atoms with Gasteiger partial charge in [-0.25, -0.2) is 0 Å². The van der Waals surface area contributed by atoms with E-state index in [1.807, 2.05) is 25.1 Å². The molecule has 2 aromatic rings.